The highest BCUT2D eigenvalue weighted by atomic mass is 16.6. The highest BCUT2D eigenvalue weighted by molar-refractivity contribution is 5.86. The van der Waals surface area contributed by atoms with E-state index in [1.807, 2.05) is 0 Å². The Balaban J connectivity index is 2.43. The van der Waals surface area contributed by atoms with Gasteiger partial charge in [0.15, 0.2) is 0 Å². The average molecular weight is 271 g/mol. The van der Waals surface area contributed by atoms with Gasteiger partial charge in [0.1, 0.15) is 11.6 Å². The molecule has 0 bridgehead atoms. The molecule has 0 aliphatic carbocycles. The summed E-state index contributed by atoms with van der Waals surface area (Å²) in [6, 6.07) is -0.744. The number of aliphatic carboxylic acids is 1. The van der Waals surface area contributed by atoms with Crippen molar-refractivity contribution < 1.29 is 24.2 Å². The molecule has 1 fully saturated rings. The second-order valence-corrected chi connectivity index (χ2v) is 5.67. The van der Waals surface area contributed by atoms with E-state index < -0.39 is 23.6 Å². The molecule has 1 rings (SSSR count). The van der Waals surface area contributed by atoms with Crippen molar-refractivity contribution in [3.05, 3.63) is 0 Å². The molecule has 1 aliphatic rings. The van der Waals surface area contributed by atoms with Gasteiger partial charge in [0.05, 0.1) is 6.42 Å². The summed E-state index contributed by atoms with van der Waals surface area (Å²) in [4.78, 5) is 35.7. The molecule has 1 heterocycles. The van der Waals surface area contributed by atoms with Crippen LogP contribution in [0.2, 0.25) is 0 Å². The molecule has 6 heteroatoms. The number of carbonyl (C=O) groups excluding carboxylic acids is 2. The number of amides is 1. The summed E-state index contributed by atoms with van der Waals surface area (Å²) in [6.45, 7) is 5.72. The van der Waals surface area contributed by atoms with Crippen molar-refractivity contribution in [2.24, 2.45) is 0 Å². The van der Waals surface area contributed by atoms with Gasteiger partial charge in [0.2, 0.25) is 5.91 Å². The van der Waals surface area contributed by atoms with E-state index in [1.54, 1.807) is 20.8 Å². The molecule has 1 saturated heterocycles. The molecule has 1 amide bonds. The molecule has 6 nitrogen and oxygen atoms in total. The number of esters is 1. The number of hydrogen-bond donors (Lipinski definition) is 1. The van der Waals surface area contributed by atoms with Crippen LogP contribution in [0.1, 0.15) is 46.5 Å². The fourth-order valence-electron chi connectivity index (χ4n) is 2.07. The van der Waals surface area contributed by atoms with Gasteiger partial charge >= 0.3 is 11.9 Å². The first kappa shape index (κ1) is 15.5. The minimum absolute atomic E-state index is 0.00130. The Morgan fingerprint density at radius 2 is 1.89 bits per heavy atom. The van der Waals surface area contributed by atoms with Crippen molar-refractivity contribution in [1.82, 2.24) is 4.90 Å². The Kier molecular flexibility index (Phi) is 4.91. The highest BCUT2D eigenvalue weighted by Crippen LogP contribution is 2.19. The third-order valence-corrected chi connectivity index (χ3v) is 2.82. The second kappa shape index (κ2) is 6.04. The van der Waals surface area contributed by atoms with Crippen molar-refractivity contribution in [3.63, 3.8) is 0 Å². The first-order valence-corrected chi connectivity index (χ1v) is 6.45. The molecule has 1 aliphatic heterocycles. The number of carbonyl (C=O) groups is 3. The minimum atomic E-state index is -0.983. The summed E-state index contributed by atoms with van der Waals surface area (Å²) >= 11 is 0. The van der Waals surface area contributed by atoms with Crippen molar-refractivity contribution in [3.8, 4) is 0 Å². The average Bonchev–Trinajstić information content (AvgIpc) is 2.72. The fraction of sp³-hybridized carbons (Fsp3) is 0.769. The highest BCUT2D eigenvalue weighted by Gasteiger charge is 2.33. The van der Waals surface area contributed by atoms with Gasteiger partial charge in [-0.15, -0.1) is 0 Å². The lowest BCUT2D eigenvalue weighted by Gasteiger charge is -2.22. The maximum absolute atomic E-state index is 11.9. The Morgan fingerprint density at radius 1 is 1.26 bits per heavy atom. The van der Waals surface area contributed by atoms with Crippen LogP contribution in [0.5, 0.6) is 0 Å². The molecular weight excluding hydrogens is 250 g/mol. The van der Waals surface area contributed by atoms with Gasteiger partial charge in [-0.2, -0.15) is 0 Å². The fourth-order valence-corrected chi connectivity index (χ4v) is 2.07. The lowest BCUT2D eigenvalue weighted by Crippen LogP contribution is -2.40. The Labute approximate surface area is 112 Å². The molecule has 0 unspecified atom stereocenters. The first-order chi connectivity index (χ1) is 8.70. The van der Waals surface area contributed by atoms with Crippen LogP contribution in [0.4, 0.5) is 0 Å². The summed E-state index contributed by atoms with van der Waals surface area (Å²) in [5, 5.41) is 8.98. The number of carboxylic acids is 1. The van der Waals surface area contributed by atoms with Gasteiger partial charge in [-0.3, -0.25) is 9.59 Å². The van der Waals surface area contributed by atoms with E-state index in [0.717, 1.165) is 0 Å². The van der Waals surface area contributed by atoms with Crippen molar-refractivity contribution in [2.75, 3.05) is 6.54 Å². The topological polar surface area (TPSA) is 83.9 Å². The molecular formula is C13H21NO5. The van der Waals surface area contributed by atoms with Crippen LogP contribution in [0.25, 0.3) is 0 Å². The van der Waals surface area contributed by atoms with Gasteiger partial charge < -0.3 is 14.7 Å². The van der Waals surface area contributed by atoms with Gasteiger partial charge in [-0.05, 0) is 33.6 Å². The Hall–Kier alpha value is -1.59. The SMILES string of the molecule is CC(C)(C)OC(=O)CCC(=O)N1CCC[C@H]1C(=O)O. The molecule has 108 valence electrons. The molecule has 1 N–H and O–H groups in total. The number of nitrogens with zero attached hydrogens (tertiary/aromatic N) is 1. The first-order valence-electron chi connectivity index (χ1n) is 6.45. The largest absolute Gasteiger partial charge is 0.480 e. The summed E-state index contributed by atoms with van der Waals surface area (Å²) in [5.74, 6) is -1.72. The number of hydrogen-bond acceptors (Lipinski definition) is 4. The summed E-state index contributed by atoms with van der Waals surface area (Å²) in [6.07, 6.45) is 1.15. The zero-order valence-corrected chi connectivity index (χ0v) is 11.6. The van der Waals surface area contributed by atoms with Crippen LogP contribution in [-0.4, -0.2) is 46.0 Å². The molecule has 0 aromatic heterocycles. The third-order valence-electron chi connectivity index (χ3n) is 2.82. The zero-order valence-electron chi connectivity index (χ0n) is 11.6. The molecule has 0 saturated carbocycles. The molecule has 0 radical (unpaired) electrons. The third kappa shape index (κ3) is 4.89. The molecule has 0 aromatic rings. The molecule has 19 heavy (non-hydrogen) atoms. The van der Waals surface area contributed by atoms with Gasteiger partial charge in [-0.1, -0.05) is 0 Å². The van der Waals surface area contributed by atoms with E-state index in [9.17, 15) is 14.4 Å². The predicted octanol–water partition coefficient (Wildman–Crippen LogP) is 1.18. The smallest absolute Gasteiger partial charge is 0.326 e. The number of likely N-dealkylation sites (tertiary alicyclic amines) is 1. The predicted molar refractivity (Wildman–Crippen MR) is 67.4 cm³/mol. The van der Waals surface area contributed by atoms with E-state index in [1.165, 1.54) is 4.90 Å². The van der Waals surface area contributed by atoms with E-state index in [4.69, 9.17) is 9.84 Å². The maximum Gasteiger partial charge on any atom is 0.326 e. The lowest BCUT2D eigenvalue weighted by molar-refractivity contribution is -0.156. The van der Waals surface area contributed by atoms with Gasteiger partial charge in [0, 0.05) is 13.0 Å². The normalized spacial score (nSPS) is 19.3. The van der Waals surface area contributed by atoms with Crippen LogP contribution in [0, 0.1) is 0 Å². The molecule has 1 atom stereocenters. The second-order valence-electron chi connectivity index (χ2n) is 5.67. The minimum Gasteiger partial charge on any atom is -0.480 e. The summed E-state index contributed by atoms with van der Waals surface area (Å²) in [7, 11) is 0. The number of rotatable bonds is 4. The van der Waals surface area contributed by atoms with E-state index in [2.05, 4.69) is 0 Å². The number of ether oxygens (including phenoxy) is 1. The monoisotopic (exact) mass is 271 g/mol. The Morgan fingerprint density at radius 3 is 2.42 bits per heavy atom. The van der Waals surface area contributed by atoms with Crippen LogP contribution in [0.15, 0.2) is 0 Å². The van der Waals surface area contributed by atoms with Crippen LogP contribution >= 0.6 is 0 Å². The molecule has 0 spiro atoms. The van der Waals surface area contributed by atoms with Crippen LogP contribution < -0.4 is 0 Å². The summed E-state index contributed by atoms with van der Waals surface area (Å²) in [5.41, 5.74) is -0.572. The van der Waals surface area contributed by atoms with E-state index in [-0.39, 0.29) is 18.7 Å². The zero-order chi connectivity index (χ0) is 14.6. The Bertz CT molecular complexity index is 372. The van der Waals surface area contributed by atoms with E-state index >= 15 is 0 Å². The van der Waals surface area contributed by atoms with E-state index in [0.29, 0.717) is 19.4 Å². The van der Waals surface area contributed by atoms with Gasteiger partial charge in [0.25, 0.3) is 0 Å². The maximum atomic E-state index is 11.9. The van der Waals surface area contributed by atoms with Crippen molar-refractivity contribution in [2.45, 2.75) is 58.1 Å². The van der Waals surface area contributed by atoms with Crippen molar-refractivity contribution in [1.29, 1.82) is 0 Å². The quantitative estimate of drug-likeness (QED) is 0.776. The molecule has 0 aromatic carbocycles. The van der Waals surface area contributed by atoms with Crippen LogP contribution in [0.3, 0.4) is 0 Å². The lowest BCUT2D eigenvalue weighted by atomic mass is 10.2. The standard InChI is InChI=1S/C13H21NO5/c1-13(2,3)19-11(16)7-6-10(15)14-8-4-5-9(14)12(17)18/h9H,4-8H2,1-3H3,(H,17,18)/t9-/m0/s1. The number of carboxylic acid groups (broad SMARTS) is 1. The van der Waals surface area contributed by atoms with Crippen LogP contribution in [-0.2, 0) is 19.1 Å². The summed E-state index contributed by atoms with van der Waals surface area (Å²) < 4.78 is 5.10. The van der Waals surface area contributed by atoms with Gasteiger partial charge in [-0.25, -0.2) is 4.79 Å². The van der Waals surface area contributed by atoms with Crippen molar-refractivity contribution >= 4 is 17.8 Å².